The molecule has 12 heteroatoms. The van der Waals surface area contributed by atoms with Crippen molar-refractivity contribution in [1.82, 2.24) is 24.5 Å². The number of hydrogen-bond acceptors (Lipinski definition) is 8. The molecule has 1 aliphatic rings. The molecule has 0 aromatic heterocycles. The molecular formula is C44H62N6O6. The van der Waals surface area contributed by atoms with Crippen LogP contribution in [0, 0.1) is 0 Å². The highest BCUT2D eigenvalue weighted by Crippen LogP contribution is 2.28. The number of carbonyl (C=O) groups excluding carboxylic acids is 4. The quantitative estimate of drug-likeness (QED) is 0.130. The fourth-order valence-corrected chi connectivity index (χ4v) is 6.81. The first-order valence-corrected chi connectivity index (χ1v) is 19.9. The van der Waals surface area contributed by atoms with Crippen molar-refractivity contribution in [3.8, 4) is 11.1 Å². The van der Waals surface area contributed by atoms with Gasteiger partial charge in [0.1, 0.15) is 12.7 Å². The Morgan fingerprint density at radius 3 is 2.09 bits per heavy atom. The lowest BCUT2D eigenvalue weighted by Gasteiger charge is -2.32. The molecule has 4 amide bonds. The summed E-state index contributed by atoms with van der Waals surface area (Å²) in [4.78, 5) is 60.1. The van der Waals surface area contributed by atoms with Crippen LogP contribution in [0.25, 0.3) is 11.1 Å². The van der Waals surface area contributed by atoms with Crippen molar-refractivity contribution in [3.05, 3.63) is 90.0 Å². The van der Waals surface area contributed by atoms with Crippen LogP contribution in [0.3, 0.4) is 0 Å². The summed E-state index contributed by atoms with van der Waals surface area (Å²) in [7, 11) is 9.00. The average molecular weight is 771 g/mol. The largest absolute Gasteiger partial charge is 0.446 e. The van der Waals surface area contributed by atoms with Gasteiger partial charge in [0.2, 0.25) is 11.8 Å². The number of likely N-dealkylation sites (N-methyl/N-ethyl adjacent to an activating group) is 2. The van der Waals surface area contributed by atoms with Crippen LogP contribution >= 0.6 is 0 Å². The van der Waals surface area contributed by atoms with Gasteiger partial charge in [-0.25, -0.2) is 4.79 Å². The van der Waals surface area contributed by atoms with Crippen LogP contribution in [0.5, 0.6) is 0 Å². The Balaban J connectivity index is 1.04. The number of unbranched alkanes of at least 4 members (excludes halogenated alkanes) is 2. The van der Waals surface area contributed by atoms with E-state index >= 15 is 0 Å². The van der Waals surface area contributed by atoms with E-state index < -0.39 is 6.09 Å². The van der Waals surface area contributed by atoms with Crippen molar-refractivity contribution in [2.75, 3.05) is 93.0 Å². The highest BCUT2D eigenvalue weighted by Gasteiger charge is 2.23. The van der Waals surface area contributed by atoms with Gasteiger partial charge in [-0.1, -0.05) is 67.1 Å². The number of nitrogens with one attached hydrogen (secondary N) is 1. The second kappa shape index (κ2) is 23.3. The molecule has 56 heavy (non-hydrogen) atoms. The molecule has 1 aliphatic heterocycles. The average Bonchev–Trinajstić information content (AvgIpc) is 3.20. The van der Waals surface area contributed by atoms with E-state index in [0.29, 0.717) is 38.0 Å². The van der Waals surface area contributed by atoms with E-state index in [1.165, 1.54) is 7.11 Å². The number of likely N-dealkylation sites (tertiary alicyclic amines) is 1. The lowest BCUT2D eigenvalue weighted by molar-refractivity contribution is -0.134. The summed E-state index contributed by atoms with van der Waals surface area (Å²) in [5, 5.41) is 2.94. The van der Waals surface area contributed by atoms with Crippen LogP contribution in [0.1, 0.15) is 60.9 Å². The number of benzene rings is 3. The van der Waals surface area contributed by atoms with Crippen molar-refractivity contribution in [2.24, 2.45) is 0 Å². The molecule has 0 bridgehead atoms. The second-order valence-electron chi connectivity index (χ2n) is 14.9. The zero-order valence-electron chi connectivity index (χ0n) is 34.1. The predicted octanol–water partition coefficient (Wildman–Crippen LogP) is 6.08. The molecule has 1 N–H and O–H groups in total. The van der Waals surface area contributed by atoms with Gasteiger partial charge in [0.25, 0.3) is 5.91 Å². The van der Waals surface area contributed by atoms with E-state index in [1.807, 2.05) is 90.8 Å². The molecule has 1 saturated heterocycles. The summed E-state index contributed by atoms with van der Waals surface area (Å²) >= 11 is 0. The maximum absolute atomic E-state index is 12.9. The number of hydrogen-bond donors (Lipinski definition) is 1. The van der Waals surface area contributed by atoms with E-state index in [2.05, 4.69) is 22.2 Å². The smallest absolute Gasteiger partial charge is 0.411 e. The minimum absolute atomic E-state index is 0.0358. The van der Waals surface area contributed by atoms with E-state index in [0.717, 1.165) is 87.2 Å². The Labute approximate surface area is 333 Å². The molecule has 0 radical (unpaired) electrons. The monoisotopic (exact) mass is 770 g/mol. The maximum atomic E-state index is 12.9. The lowest BCUT2D eigenvalue weighted by Crippen LogP contribution is -2.42. The number of amides is 4. The van der Waals surface area contributed by atoms with Gasteiger partial charge < -0.3 is 34.0 Å². The topological polar surface area (TPSA) is 115 Å². The van der Waals surface area contributed by atoms with Gasteiger partial charge in [0.15, 0.2) is 0 Å². The van der Waals surface area contributed by atoms with Crippen LogP contribution in [0.15, 0.2) is 78.9 Å². The standard InChI is InChI=1S/C44H62N6O6/c1-46(33-35-20-22-37(23-21-35)43(53)49(4)28-14-27-47(2)42(52)34-55-5)26-13-7-10-19-41(51)48(3)31-32-50-29-24-38(25-30-50)56-44(54)45-40-18-12-11-17-39(40)36-15-8-6-9-16-36/h6,8-9,11-12,15-18,20-23,38H,7,10,13-14,19,24-34H2,1-5H3,(H,45,54). The second-order valence-corrected chi connectivity index (χ2v) is 14.9. The van der Waals surface area contributed by atoms with Crippen LogP contribution in [-0.4, -0.2) is 142 Å². The van der Waals surface area contributed by atoms with Gasteiger partial charge in [0, 0.05) is 91.6 Å². The SMILES string of the molecule is COCC(=O)N(C)CCCN(C)C(=O)c1ccc(CN(C)CCCCCC(=O)N(C)CCN2CCC(OC(=O)Nc3ccccc3-c3ccccc3)CC2)cc1. The van der Waals surface area contributed by atoms with Crippen LogP contribution in [-0.2, 0) is 25.6 Å². The molecule has 0 saturated carbocycles. The number of rotatable bonds is 21. The van der Waals surface area contributed by atoms with Gasteiger partial charge in [-0.2, -0.15) is 0 Å². The number of anilines is 1. The lowest BCUT2D eigenvalue weighted by atomic mass is 10.0. The fourth-order valence-electron chi connectivity index (χ4n) is 6.81. The van der Waals surface area contributed by atoms with Crippen LogP contribution in [0.4, 0.5) is 10.5 Å². The molecule has 12 nitrogen and oxygen atoms in total. The third-order valence-electron chi connectivity index (χ3n) is 10.3. The van der Waals surface area contributed by atoms with Crippen LogP contribution in [0.2, 0.25) is 0 Å². The highest BCUT2D eigenvalue weighted by molar-refractivity contribution is 5.94. The summed E-state index contributed by atoms with van der Waals surface area (Å²) in [5.74, 6) is 0.0654. The molecule has 0 spiro atoms. The molecule has 0 unspecified atom stereocenters. The number of ether oxygens (including phenoxy) is 2. The predicted molar refractivity (Wildman–Crippen MR) is 221 cm³/mol. The third kappa shape index (κ3) is 14.7. The zero-order valence-corrected chi connectivity index (χ0v) is 34.1. The Kier molecular flexibility index (Phi) is 18.3. The minimum Gasteiger partial charge on any atom is -0.446 e. The Bertz CT molecular complexity index is 1660. The van der Waals surface area contributed by atoms with E-state index in [1.54, 1.807) is 23.9 Å². The first kappa shape index (κ1) is 43.9. The highest BCUT2D eigenvalue weighted by atomic mass is 16.6. The molecular weight excluding hydrogens is 709 g/mol. The zero-order chi connectivity index (χ0) is 40.3. The van der Waals surface area contributed by atoms with Gasteiger partial charge in [-0.05, 0) is 75.0 Å². The molecule has 3 aromatic rings. The summed E-state index contributed by atoms with van der Waals surface area (Å²) < 4.78 is 10.7. The summed E-state index contributed by atoms with van der Waals surface area (Å²) in [6.07, 6.45) is 5.07. The number of para-hydroxylation sites is 1. The molecule has 3 aromatic carbocycles. The van der Waals surface area contributed by atoms with Gasteiger partial charge >= 0.3 is 6.09 Å². The van der Waals surface area contributed by atoms with Crippen molar-refractivity contribution >= 4 is 29.5 Å². The first-order chi connectivity index (χ1) is 27.0. The Morgan fingerprint density at radius 1 is 0.714 bits per heavy atom. The number of piperidine rings is 1. The number of nitrogens with zero attached hydrogens (tertiary/aromatic N) is 5. The maximum Gasteiger partial charge on any atom is 0.411 e. The molecule has 0 aliphatic carbocycles. The van der Waals surface area contributed by atoms with E-state index in [9.17, 15) is 19.2 Å². The minimum atomic E-state index is -0.431. The summed E-state index contributed by atoms with van der Waals surface area (Å²) in [6.45, 7) is 6.03. The molecule has 304 valence electrons. The van der Waals surface area contributed by atoms with Crippen molar-refractivity contribution in [2.45, 2.75) is 57.6 Å². The van der Waals surface area contributed by atoms with Crippen molar-refractivity contribution in [1.29, 1.82) is 0 Å². The molecule has 4 rings (SSSR count). The summed E-state index contributed by atoms with van der Waals surface area (Å²) in [6, 6.07) is 25.5. The fraction of sp³-hybridized carbons (Fsp3) is 0.500. The molecule has 0 atom stereocenters. The molecule has 1 heterocycles. The third-order valence-corrected chi connectivity index (χ3v) is 10.3. The number of methoxy groups -OCH3 is 1. The Hall–Kier alpha value is -4.78. The number of carbonyl (C=O) groups is 4. The van der Waals surface area contributed by atoms with Gasteiger partial charge in [-0.15, -0.1) is 0 Å². The normalized spacial score (nSPS) is 13.3. The first-order valence-electron chi connectivity index (χ1n) is 19.9. The summed E-state index contributed by atoms with van der Waals surface area (Å²) in [5.41, 5.74) is 4.51. The van der Waals surface area contributed by atoms with E-state index in [-0.39, 0.29) is 30.4 Å². The van der Waals surface area contributed by atoms with Crippen molar-refractivity contribution < 1.29 is 28.7 Å². The van der Waals surface area contributed by atoms with Crippen molar-refractivity contribution in [3.63, 3.8) is 0 Å². The van der Waals surface area contributed by atoms with E-state index in [4.69, 9.17) is 9.47 Å². The van der Waals surface area contributed by atoms with Gasteiger partial charge in [-0.3, -0.25) is 19.7 Å². The Morgan fingerprint density at radius 2 is 1.38 bits per heavy atom. The molecule has 1 fully saturated rings. The van der Waals surface area contributed by atoms with Crippen LogP contribution < -0.4 is 5.32 Å². The van der Waals surface area contributed by atoms with Gasteiger partial charge in [0.05, 0.1) is 5.69 Å².